The maximum Gasteiger partial charge on any atom is 0.299 e. The number of amides is 3. The van der Waals surface area contributed by atoms with E-state index < -0.39 is 36.1 Å². The summed E-state index contributed by atoms with van der Waals surface area (Å²) in [5.74, 6) is -1.65. The summed E-state index contributed by atoms with van der Waals surface area (Å²) in [6.45, 7) is 2.46. The molecule has 1 unspecified atom stereocenters. The quantitative estimate of drug-likeness (QED) is 0.237. The number of nitrogens with zero attached hydrogens (tertiary/aromatic N) is 3. The summed E-state index contributed by atoms with van der Waals surface area (Å²) in [7, 11) is 3.01. The zero-order valence-electron chi connectivity index (χ0n) is 26.8. The van der Waals surface area contributed by atoms with Crippen LogP contribution >= 0.6 is 0 Å². The largest absolute Gasteiger partial charge is 0.493 e. The van der Waals surface area contributed by atoms with Gasteiger partial charge in [-0.3, -0.25) is 24.1 Å². The van der Waals surface area contributed by atoms with Gasteiger partial charge in [0, 0.05) is 31.0 Å². The number of benzene rings is 4. The smallest absolute Gasteiger partial charge is 0.299 e. The lowest BCUT2D eigenvalue weighted by Gasteiger charge is -2.33. The van der Waals surface area contributed by atoms with Crippen LogP contribution in [0.5, 0.6) is 11.5 Å². The highest BCUT2D eigenvalue weighted by molar-refractivity contribution is 6.52. The molecular weight excluding hydrogens is 612 g/mol. The number of hydrogen-bond acceptors (Lipinski definition) is 8. The number of fused-ring (bicyclic) bond motifs is 1. The molecule has 6 rings (SSSR count). The summed E-state index contributed by atoms with van der Waals surface area (Å²) in [6, 6.07) is 27.2. The molecule has 2 heterocycles. The molecule has 0 spiro atoms. The predicted molar refractivity (Wildman–Crippen MR) is 181 cm³/mol. The molecule has 1 N–H and O–H groups in total. The maximum absolute atomic E-state index is 14.4. The van der Waals surface area contributed by atoms with Crippen molar-refractivity contribution in [1.29, 1.82) is 0 Å². The third-order valence-electron chi connectivity index (χ3n) is 8.48. The SMILES string of the molecule is COc1ccc(C(C(=O)Nc2ccc(N3CCOCC3)cc2)N(Cc2ccccc2)C(=O)CN2C(=O)C(=O)c3ccccc32)cc1OC. The number of hydrogen-bond donors (Lipinski definition) is 1. The Bertz CT molecular complexity index is 1810. The van der Waals surface area contributed by atoms with Gasteiger partial charge in [0.25, 0.3) is 17.6 Å². The van der Waals surface area contributed by atoms with Crippen molar-refractivity contribution in [2.24, 2.45) is 0 Å². The molecular formula is C37H36N4O7. The van der Waals surface area contributed by atoms with Gasteiger partial charge in [-0.2, -0.15) is 0 Å². The fourth-order valence-corrected chi connectivity index (χ4v) is 6.02. The molecule has 11 heteroatoms. The van der Waals surface area contributed by atoms with E-state index >= 15 is 0 Å². The van der Waals surface area contributed by atoms with Crippen molar-refractivity contribution in [2.75, 3.05) is 62.2 Å². The number of nitrogens with one attached hydrogen (secondary N) is 1. The number of para-hydroxylation sites is 1. The molecule has 246 valence electrons. The lowest BCUT2D eigenvalue weighted by Crippen LogP contribution is -2.46. The Kier molecular flexibility index (Phi) is 9.67. The molecule has 4 aromatic rings. The molecule has 0 aliphatic carbocycles. The van der Waals surface area contributed by atoms with Crippen LogP contribution in [0.3, 0.4) is 0 Å². The summed E-state index contributed by atoms with van der Waals surface area (Å²) in [5, 5.41) is 3.00. The topological polar surface area (TPSA) is 118 Å². The second-order valence-corrected chi connectivity index (χ2v) is 11.4. The van der Waals surface area contributed by atoms with E-state index in [0.717, 1.165) is 24.3 Å². The van der Waals surface area contributed by atoms with Crippen molar-refractivity contribution in [1.82, 2.24) is 4.90 Å². The number of anilines is 3. The summed E-state index contributed by atoms with van der Waals surface area (Å²) < 4.78 is 16.5. The minimum Gasteiger partial charge on any atom is -0.493 e. The average molecular weight is 649 g/mol. The Labute approximate surface area is 278 Å². The predicted octanol–water partition coefficient (Wildman–Crippen LogP) is 4.48. The molecule has 3 amide bonds. The number of ether oxygens (including phenoxy) is 3. The monoisotopic (exact) mass is 648 g/mol. The van der Waals surface area contributed by atoms with Gasteiger partial charge < -0.3 is 29.3 Å². The summed E-state index contributed by atoms with van der Waals surface area (Å²) in [6.07, 6.45) is 0. The minimum absolute atomic E-state index is 0.0414. The number of methoxy groups -OCH3 is 2. The first-order chi connectivity index (χ1) is 23.4. The average Bonchev–Trinajstić information content (AvgIpc) is 3.37. The number of morpholine rings is 1. The molecule has 0 saturated carbocycles. The summed E-state index contributed by atoms with van der Waals surface area (Å²) in [5.41, 5.74) is 3.38. The second-order valence-electron chi connectivity index (χ2n) is 11.4. The van der Waals surface area contributed by atoms with Gasteiger partial charge in [0.05, 0.1) is 38.7 Å². The fourth-order valence-electron chi connectivity index (χ4n) is 6.02. The highest BCUT2D eigenvalue weighted by Gasteiger charge is 2.39. The van der Waals surface area contributed by atoms with Crippen molar-refractivity contribution < 1.29 is 33.4 Å². The first kappa shape index (κ1) is 32.3. The lowest BCUT2D eigenvalue weighted by atomic mass is 10.0. The molecule has 1 atom stereocenters. The van der Waals surface area contributed by atoms with Gasteiger partial charge in [0.15, 0.2) is 11.5 Å². The third-order valence-corrected chi connectivity index (χ3v) is 8.48. The van der Waals surface area contributed by atoms with Crippen molar-refractivity contribution in [3.05, 3.63) is 114 Å². The zero-order valence-corrected chi connectivity index (χ0v) is 26.8. The van der Waals surface area contributed by atoms with Crippen LogP contribution in [0.2, 0.25) is 0 Å². The Hall–Kier alpha value is -5.68. The minimum atomic E-state index is -1.17. The van der Waals surface area contributed by atoms with E-state index in [2.05, 4.69) is 10.2 Å². The first-order valence-electron chi connectivity index (χ1n) is 15.6. The van der Waals surface area contributed by atoms with Gasteiger partial charge in [-0.05, 0) is 59.7 Å². The Morgan fingerprint density at radius 3 is 2.25 bits per heavy atom. The van der Waals surface area contributed by atoms with E-state index in [1.807, 2.05) is 54.6 Å². The standard InChI is InChI=1S/C37H36N4O7/c1-46-31-17-12-26(22-32(31)47-2)34(36(44)38-27-13-15-28(16-14-27)39-18-20-48-21-19-39)41(23-25-8-4-3-5-9-25)33(42)24-40-30-11-7-6-10-29(30)35(43)37(40)45/h3-17,22,34H,18-21,23-24H2,1-2H3,(H,38,44). The fraction of sp³-hybridized carbons (Fsp3) is 0.243. The molecule has 0 radical (unpaired) electrons. The zero-order chi connectivity index (χ0) is 33.6. The molecule has 2 aliphatic heterocycles. The van der Waals surface area contributed by atoms with Crippen LogP contribution in [0.4, 0.5) is 17.1 Å². The summed E-state index contributed by atoms with van der Waals surface area (Å²) in [4.78, 5) is 59.4. The van der Waals surface area contributed by atoms with Gasteiger partial charge in [-0.25, -0.2) is 0 Å². The van der Waals surface area contributed by atoms with Gasteiger partial charge >= 0.3 is 0 Å². The van der Waals surface area contributed by atoms with Crippen LogP contribution in [-0.4, -0.2) is 75.5 Å². The van der Waals surface area contributed by atoms with Crippen LogP contribution in [0.15, 0.2) is 97.1 Å². The molecule has 1 saturated heterocycles. The first-order valence-corrected chi connectivity index (χ1v) is 15.6. The molecule has 0 bridgehead atoms. The Balaban J connectivity index is 1.37. The van der Waals surface area contributed by atoms with Crippen LogP contribution in [0.25, 0.3) is 0 Å². The lowest BCUT2D eigenvalue weighted by molar-refractivity contribution is -0.139. The van der Waals surface area contributed by atoms with E-state index in [1.54, 1.807) is 42.5 Å². The number of rotatable bonds is 11. The highest BCUT2D eigenvalue weighted by atomic mass is 16.5. The normalized spacial score (nSPS) is 14.7. The van der Waals surface area contributed by atoms with Crippen molar-refractivity contribution in [3.63, 3.8) is 0 Å². The van der Waals surface area contributed by atoms with Gasteiger partial charge in [0.1, 0.15) is 12.6 Å². The molecule has 11 nitrogen and oxygen atoms in total. The molecule has 4 aromatic carbocycles. The highest BCUT2D eigenvalue weighted by Crippen LogP contribution is 2.35. The van der Waals surface area contributed by atoms with Gasteiger partial charge in [-0.15, -0.1) is 0 Å². The van der Waals surface area contributed by atoms with Crippen LogP contribution < -0.4 is 24.6 Å². The van der Waals surface area contributed by atoms with E-state index in [4.69, 9.17) is 14.2 Å². The van der Waals surface area contributed by atoms with E-state index in [1.165, 1.54) is 24.0 Å². The number of Topliss-reactive ketones (excluding diaryl/α,β-unsaturated/α-hetero) is 1. The number of carbonyl (C=O) groups is 4. The van der Waals surface area contributed by atoms with Crippen molar-refractivity contribution in [2.45, 2.75) is 12.6 Å². The van der Waals surface area contributed by atoms with Crippen LogP contribution in [0.1, 0.15) is 27.5 Å². The third kappa shape index (κ3) is 6.72. The Morgan fingerprint density at radius 2 is 1.54 bits per heavy atom. The van der Waals surface area contributed by atoms with E-state index in [9.17, 15) is 19.2 Å². The number of ketones is 1. The number of carbonyl (C=O) groups excluding carboxylic acids is 4. The Morgan fingerprint density at radius 1 is 0.854 bits per heavy atom. The molecule has 1 fully saturated rings. The van der Waals surface area contributed by atoms with Crippen molar-refractivity contribution >= 4 is 40.6 Å². The van der Waals surface area contributed by atoms with Gasteiger partial charge in [-0.1, -0.05) is 48.5 Å². The van der Waals surface area contributed by atoms with Crippen LogP contribution in [0, 0.1) is 0 Å². The van der Waals surface area contributed by atoms with Crippen LogP contribution in [-0.2, 0) is 25.7 Å². The van der Waals surface area contributed by atoms with Crippen molar-refractivity contribution in [3.8, 4) is 11.5 Å². The second kappa shape index (κ2) is 14.4. The summed E-state index contributed by atoms with van der Waals surface area (Å²) >= 11 is 0. The van der Waals surface area contributed by atoms with E-state index in [0.29, 0.717) is 41.7 Å². The van der Waals surface area contributed by atoms with Gasteiger partial charge in [0.2, 0.25) is 5.91 Å². The maximum atomic E-state index is 14.4. The molecule has 48 heavy (non-hydrogen) atoms. The molecule has 2 aliphatic rings. The van der Waals surface area contributed by atoms with E-state index in [-0.39, 0.29) is 12.1 Å². The molecule has 0 aromatic heterocycles.